The Morgan fingerprint density at radius 1 is 1.64 bits per heavy atom. The first kappa shape index (κ1) is 8.04. The molecule has 0 spiro atoms. The first-order chi connectivity index (χ1) is 5.11. The van der Waals surface area contributed by atoms with Gasteiger partial charge in [-0.3, -0.25) is 9.59 Å². The maximum atomic E-state index is 11.0. The Morgan fingerprint density at radius 3 is 2.55 bits per heavy atom. The van der Waals surface area contributed by atoms with Crippen LogP contribution >= 0.6 is 0 Å². The summed E-state index contributed by atoms with van der Waals surface area (Å²) in [6.45, 7) is 1.97. The molecule has 4 heteroatoms. The molecule has 2 atom stereocenters. The smallest absolute Gasteiger partial charge is 0.236 e. The fourth-order valence-electron chi connectivity index (χ4n) is 0.993. The molecular formula is C7H12N2O2. The third-order valence-electron chi connectivity index (χ3n) is 1.88. The number of primary amides is 1. The summed E-state index contributed by atoms with van der Waals surface area (Å²) in [5.74, 6) is 0.0557. The van der Waals surface area contributed by atoms with E-state index < -0.39 is 5.91 Å². The summed E-state index contributed by atoms with van der Waals surface area (Å²) in [4.78, 5) is 21.2. The van der Waals surface area contributed by atoms with E-state index in [2.05, 4.69) is 5.32 Å². The molecule has 11 heavy (non-hydrogen) atoms. The minimum Gasteiger partial charge on any atom is -0.368 e. The van der Waals surface area contributed by atoms with Gasteiger partial charge in [-0.25, -0.2) is 0 Å². The number of amides is 2. The van der Waals surface area contributed by atoms with Crippen molar-refractivity contribution in [3.63, 3.8) is 0 Å². The lowest BCUT2D eigenvalue weighted by Crippen LogP contribution is -2.34. The van der Waals surface area contributed by atoms with Crippen molar-refractivity contribution in [1.29, 1.82) is 0 Å². The molecule has 0 aromatic carbocycles. The van der Waals surface area contributed by atoms with E-state index in [1.54, 1.807) is 0 Å². The van der Waals surface area contributed by atoms with Crippen LogP contribution in [0.15, 0.2) is 0 Å². The second-order valence-corrected chi connectivity index (χ2v) is 3.00. The van der Waals surface area contributed by atoms with E-state index in [9.17, 15) is 9.59 Å². The highest BCUT2D eigenvalue weighted by molar-refractivity contribution is 5.86. The standard InChI is InChI=1S/C7H12N2O2/c1-4-2-5(4)7(11)9-3-6(8)10/h4-5H,2-3H2,1H3,(H2,8,10)(H,9,11)/t4-,5-/m1/s1. The predicted octanol–water partition coefficient (Wildman–Crippen LogP) is -0.756. The Morgan fingerprint density at radius 2 is 2.18 bits per heavy atom. The number of carbonyl (C=O) groups excluding carboxylic acids is 2. The van der Waals surface area contributed by atoms with E-state index in [1.807, 2.05) is 6.92 Å². The third kappa shape index (κ3) is 2.22. The molecule has 1 rings (SSSR count). The predicted molar refractivity (Wildman–Crippen MR) is 39.5 cm³/mol. The summed E-state index contributed by atoms with van der Waals surface area (Å²) in [5, 5.41) is 2.46. The van der Waals surface area contributed by atoms with Gasteiger partial charge in [0, 0.05) is 5.92 Å². The number of nitrogens with two attached hydrogens (primary N) is 1. The van der Waals surface area contributed by atoms with Crippen LogP contribution < -0.4 is 11.1 Å². The fourth-order valence-corrected chi connectivity index (χ4v) is 0.993. The Bertz CT molecular complexity index is 191. The van der Waals surface area contributed by atoms with Crippen LogP contribution in [0.1, 0.15) is 13.3 Å². The average molecular weight is 156 g/mol. The van der Waals surface area contributed by atoms with Crippen molar-refractivity contribution < 1.29 is 9.59 Å². The van der Waals surface area contributed by atoms with Gasteiger partial charge in [-0.15, -0.1) is 0 Å². The van der Waals surface area contributed by atoms with E-state index in [0.717, 1.165) is 6.42 Å². The van der Waals surface area contributed by atoms with Crippen molar-refractivity contribution in [3.8, 4) is 0 Å². The quantitative estimate of drug-likeness (QED) is 0.564. The van der Waals surface area contributed by atoms with E-state index in [-0.39, 0.29) is 18.4 Å². The Kier molecular flexibility index (Phi) is 2.12. The maximum absolute atomic E-state index is 11.0. The lowest BCUT2D eigenvalue weighted by atomic mass is 10.3. The number of hydrogen-bond donors (Lipinski definition) is 2. The highest BCUT2D eigenvalue weighted by Gasteiger charge is 2.38. The summed E-state index contributed by atoms with van der Waals surface area (Å²) in [7, 11) is 0. The molecule has 0 saturated heterocycles. The molecule has 1 saturated carbocycles. The highest BCUT2D eigenvalue weighted by Crippen LogP contribution is 2.37. The molecule has 0 heterocycles. The molecule has 3 N–H and O–H groups in total. The van der Waals surface area contributed by atoms with Crippen LogP contribution in [0.5, 0.6) is 0 Å². The Balaban J connectivity index is 2.17. The summed E-state index contributed by atoms with van der Waals surface area (Å²) in [6, 6.07) is 0. The van der Waals surface area contributed by atoms with Crippen LogP contribution in [0.25, 0.3) is 0 Å². The third-order valence-corrected chi connectivity index (χ3v) is 1.88. The number of nitrogens with one attached hydrogen (secondary N) is 1. The van der Waals surface area contributed by atoms with Crippen molar-refractivity contribution in [3.05, 3.63) is 0 Å². The minimum absolute atomic E-state index is 0.0396. The molecule has 0 unspecified atom stereocenters. The van der Waals surface area contributed by atoms with E-state index in [4.69, 9.17) is 5.73 Å². The van der Waals surface area contributed by atoms with Gasteiger partial charge in [0.25, 0.3) is 0 Å². The summed E-state index contributed by atoms with van der Waals surface area (Å²) >= 11 is 0. The number of hydrogen-bond acceptors (Lipinski definition) is 2. The van der Waals surface area contributed by atoms with Gasteiger partial charge in [0.1, 0.15) is 0 Å². The summed E-state index contributed by atoms with van der Waals surface area (Å²) in [5.41, 5.74) is 4.84. The average Bonchev–Trinajstić information content (AvgIpc) is 2.61. The minimum atomic E-state index is -0.494. The second kappa shape index (κ2) is 2.90. The summed E-state index contributed by atoms with van der Waals surface area (Å²) in [6.07, 6.45) is 0.935. The molecule has 0 aliphatic heterocycles. The lowest BCUT2D eigenvalue weighted by Gasteiger charge is -1.99. The largest absolute Gasteiger partial charge is 0.368 e. The van der Waals surface area contributed by atoms with Gasteiger partial charge in [-0.2, -0.15) is 0 Å². The van der Waals surface area contributed by atoms with E-state index >= 15 is 0 Å². The second-order valence-electron chi connectivity index (χ2n) is 3.00. The molecule has 4 nitrogen and oxygen atoms in total. The topological polar surface area (TPSA) is 72.2 Å². The van der Waals surface area contributed by atoms with Crippen molar-refractivity contribution in [1.82, 2.24) is 5.32 Å². The van der Waals surface area contributed by atoms with Gasteiger partial charge in [0.15, 0.2) is 0 Å². The van der Waals surface area contributed by atoms with E-state index in [1.165, 1.54) is 0 Å². The lowest BCUT2D eigenvalue weighted by molar-refractivity contribution is -0.125. The van der Waals surface area contributed by atoms with Gasteiger partial charge >= 0.3 is 0 Å². The van der Waals surface area contributed by atoms with Crippen molar-refractivity contribution in [2.75, 3.05) is 6.54 Å². The van der Waals surface area contributed by atoms with Crippen molar-refractivity contribution in [2.45, 2.75) is 13.3 Å². The molecule has 62 valence electrons. The maximum Gasteiger partial charge on any atom is 0.236 e. The van der Waals surface area contributed by atoms with Crippen LogP contribution in [0.3, 0.4) is 0 Å². The molecule has 0 aromatic rings. The van der Waals surface area contributed by atoms with Gasteiger partial charge in [-0.05, 0) is 12.3 Å². The van der Waals surface area contributed by atoms with Crippen LogP contribution in [-0.4, -0.2) is 18.4 Å². The van der Waals surface area contributed by atoms with Crippen LogP contribution in [0.4, 0.5) is 0 Å². The molecule has 0 radical (unpaired) electrons. The molecule has 1 aliphatic carbocycles. The highest BCUT2D eigenvalue weighted by atomic mass is 16.2. The van der Waals surface area contributed by atoms with Crippen molar-refractivity contribution >= 4 is 11.8 Å². The zero-order valence-electron chi connectivity index (χ0n) is 6.46. The molecule has 0 bridgehead atoms. The van der Waals surface area contributed by atoms with Gasteiger partial charge in [0.05, 0.1) is 6.54 Å². The van der Waals surface area contributed by atoms with Crippen molar-refractivity contribution in [2.24, 2.45) is 17.6 Å². The SMILES string of the molecule is C[C@@H]1C[C@H]1C(=O)NCC(N)=O. The van der Waals surface area contributed by atoms with Crippen LogP contribution in [0.2, 0.25) is 0 Å². The molecular weight excluding hydrogens is 144 g/mol. The number of rotatable bonds is 3. The fraction of sp³-hybridized carbons (Fsp3) is 0.714. The zero-order valence-corrected chi connectivity index (χ0v) is 6.46. The van der Waals surface area contributed by atoms with Crippen LogP contribution in [-0.2, 0) is 9.59 Å². The zero-order chi connectivity index (χ0) is 8.43. The molecule has 0 aromatic heterocycles. The first-order valence-electron chi connectivity index (χ1n) is 3.67. The summed E-state index contributed by atoms with van der Waals surface area (Å²) < 4.78 is 0. The Hall–Kier alpha value is -1.06. The van der Waals surface area contributed by atoms with Gasteiger partial charge < -0.3 is 11.1 Å². The monoisotopic (exact) mass is 156 g/mol. The molecule has 1 fully saturated rings. The normalized spacial score (nSPS) is 27.7. The van der Waals surface area contributed by atoms with Crippen LogP contribution in [0, 0.1) is 11.8 Å². The Labute approximate surface area is 65.1 Å². The van der Waals surface area contributed by atoms with Gasteiger partial charge in [0.2, 0.25) is 11.8 Å². The first-order valence-corrected chi connectivity index (χ1v) is 3.67. The van der Waals surface area contributed by atoms with Gasteiger partial charge in [-0.1, -0.05) is 6.92 Å². The molecule has 1 aliphatic rings. The molecule has 2 amide bonds. The van der Waals surface area contributed by atoms with E-state index in [0.29, 0.717) is 5.92 Å². The number of carbonyl (C=O) groups is 2.